The molecular weight excluding hydrogens is 268 g/mol. The number of hydrogen-bond acceptors (Lipinski definition) is 3. The van der Waals surface area contributed by atoms with E-state index in [0.717, 1.165) is 42.7 Å². The molecule has 0 atom stereocenters. The van der Waals surface area contributed by atoms with E-state index in [4.69, 9.17) is 0 Å². The van der Waals surface area contributed by atoms with Crippen LogP contribution in [0.3, 0.4) is 0 Å². The van der Waals surface area contributed by atoms with E-state index in [1.54, 1.807) is 11.3 Å². The fourth-order valence-electron chi connectivity index (χ4n) is 1.54. The lowest BCUT2D eigenvalue weighted by Crippen LogP contribution is -2.37. The second-order valence-corrected chi connectivity index (χ2v) is 6.50. The van der Waals surface area contributed by atoms with Gasteiger partial charge in [-0.05, 0) is 6.92 Å². The minimum absolute atomic E-state index is 0.123. The molecule has 0 bridgehead atoms. The number of nitrogens with one attached hydrogen (secondary N) is 2. The van der Waals surface area contributed by atoms with Crippen LogP contribution in [-0.4, -0.2) is 30.6 Å². The van der Waals surface area contributed by atoms with Gasteiger partial charge in [0.15, 0.2) is 5.96 Å². The minimum atomic E-state index is 0.123. The lowest BCUT2D eigenvalue weighted by atomic mass is 9.93. The summed E-state index contributed by atoms with van der Waals surface area (Å²) in [7, 11) is 0. The van der Waals surface area contributed by atoms with Crippen molar-refractivity contribution in [2.24, 2.45) is 4.99 Å². The Morgan fingerprint density at radius 1 is 1.45 bits per heavy atom. The van der Waals surface area contributed by atoms with E-state index >= 15 is 0 Å². The highest BCUT2D eigenvalue weighted by molar-refractivity contribution is 7.09. The van der Waals surface area contributed by atoms with Gasteiger partial charge in [0.1, 0.15) is 0 Å². The number of nitrogens with zero attached hydrogens (tertiary/aromatic N) is 2. The number of aromatic nitrogens is 1. The molecule has 0 aliphatic heterocycles. The molecule has 0 unspecified atom stereocenters. The summed E-state index contributed by atoms with van der Waals surface area (Å²) < 4.78 is 0. The van der Waals surface area contributed by atoms with E-state index in [-0.39, 0.29) is 5.41 Å². The van der Waals surface area contributed by atoms with Gasteiger partial charge in [-0.2, -0.15) is 0 Å². The van der Waals surface area contributed by atoms with Crippen LogP contribution in [0.5, 0.6) is 0 Å². The smallest absolute Gasteiger partial charge is 0.191 e. The summed E-state index contributed by atoms with van der Waals surface area (Å²) in [6.45, 7) is 14.6. The zero-order chi connectivity index (χ0) is 15.0. The first-order valence-corrected chi connectivity index (χ1v) is 7.93. The van der Waals surface area contributed by atoms with Gasteiger partial charge in [-0.25, -0.2) is 4.98 Å². The molecule has 0 aliphatic rings. The maximum Gasteiger partial charge on any atom is 0.191 e. The zero-order valence-corrected chi connectivity index (χ0v) is 13.8. The second kappa shape index (κ2) is 8.04. The van der Waals surface area contributed by atoms with Gasteiger partial charge in [0.25, 0.3) is 0 Å². The van der Waals surface area contributed by atoms with Gasteiger partial charge in [0.2, 0.25) is 0 Å². The van der Waals surface area contributed by atoms with Gasteiger partial charge in [-0.3, -0.25) is 4.99 Å². The molecule has 0 saturated heterocycles. The SMILES string of the molecule is C=CCNC(=NCCc1nc(C(C)(C)C)cs1)NCC. The summed E-state index contributed by atoms with van der Waals surface area (Å²) in [6, 6.07) is 0. The Morgan fingerprint density at radius 3 is 2.75 bits per heavy atom. The molecule has 1 rings (SSSR count). The maximum absolute atomic E-state index is 4.68. The molecule has 5 heteroatoms. The molecule has 1 aromatic rings. The molecule has 0 aliphatic carbocycles. The highest BCUT2D eigenvalue weighted by atomic mass is 32.1. The van der Waals surface area contributed by atoms with Crippen molar-refractivity contribution in [1.82, 2.24) is 15.6 Å². The third-order valence-corrected chi connectivity index (χ3v) is 3.58. The highest BCUT2D eigenvalue weighted by Gasteiger charge is 2.17. The second-order valence-electron chi connectivity index (χ2n) is 5.56. The van der Waals surface area contributed by atoms with Gasteiger partial charge in [-0.15, -0.1) is 17.9 Å². The van der Waals surface area contributed by atoms with Gasteiger partial charge in [0, 0.05) is 36.9 Å². The van der Waals surface area contributed by atoms with E-state index in [2.05, 4.69) is 60.3 Å². The molecule has 112 valence electrons. The lowest BCUT2D eigenvalue weighted by Gasteiger charge is -2.14. The Balaban J connectivity index is 2.52. The molecule has 0 spiro atoms. The number of guanidine groups is 1. The van der Waals surface area contributed by atoms with E-state index < -0.39 is 0 Å². The molecule has 2 N–H and O–H groups in total. The summed E-state index contributed by atoms with van der Waals surface area (Å²) >= 11 is 1.72. The van der Waals surface area contributed by atoms with Crippen molar-refractivity contribution in [3.05, 3.63) is 28.7 Å². The van der Waals surface area contributed by atoms with Crippen molar-refractivity contribution in [2.75, 3.05) is 19.6 Å². The Bertz CT molecular complexity index is 443. The average molecular weight is 294 g/mol. The largest absolute Gasteiger partial charge is 0.357 e. The fraction of sp³-hybridized carbons (Fsp3) is 0.600. The summed E-state index contributed by atoms with van der Waals surface area (Å²) in [4.78, 5) is 9.21. The van der Waals surface area contributed by atoms with Gasteiger partial charge in [0.05, 0.1) is 10.7 Å². The predicted octanol–water partition coefficient (Wildman–Crippen LogP) is 2.72. The maximum atomic E-state index is 4.68. The molecule has 0 amide bonds. The van der Waals surface area contributed by atoms with Crippen LogP contribution in [0.4, 0.5) is 0 Å². The topological polar surface area (TPSA) is 49.3 Å². The quantitative estimate of drug-likeness (QED) is 0.482. The number of thiazole rings is 1. The Hall–Kier alpha value is -1.36. The van der Waals surface area contributed by atoms with Crippen LogP contribution in [0.25, 0.3) is 0 Å². The van der Waals surface area contributed by atoms with E-state index in [1.165, 1.54) is 0 Å². The first-order valence-electron chi connectivity index (χ1n) is 7.05. The Kier molecular flexibility index (Phi) is 6.71. The van der Waals surface area contributed by atoms with Crippen LogP contribution in [0.15, 0.2) is 23.0 Å². The number of hydrogen-bond donors (Lipinski definition) is 2. The zero-order valence-electron chi connectivity index (χ0n) is 13.0. The molecule has 0 fully saturated rings. The average Bonchev–Trinajstić information content (AvgIpc) is 2.84. The molecule has 1 aromatic heterocycles. The van der Waals surface area contributed by atoms with Crippen LogP contribution >= 0.6 is 11.3 Å². The van der Waals surface area contributed by atoms with Crippen molar-refractivity contribution in [1.29, 1.82) is 0 Å². The third kappa shape index (κ3) is 5.74. The van der Waals surface area contributed by atoms with Gasteiger partial charge >= 0.3 is 0 Å². The summed E-state index contributed by atoms with van der Waals surface area (Å²) in [5.41, 5.74) is 1.29. The summed E-state index contributed by atoms with van der Waals surface area (Å²) in [6.07, 6.45) is 2.70. The Labute approximate surface area is 126 Å². The summed E-state index contributed by atoms with van der Waals surface area (Å²) in [5, 5.41) is 9.70. The molecule has 1 heterocycles. The third-order valence-electron chi connectivity index (χ3n) is 2.67. The Morgan fingerprint density at radius 2 is 2.20 bits per heavy atom. The predicted molar refractivity (Wildman–Crippen MR) is 88.7 cm³/mol. The van der Waals surface area contributed by atoms with E-state index in [0.29, 0.717) is 0 Å². The fourth-order valence-corrected chi connectivity index (χ4v) is 2.56. The van der Waals surface area contributed by atoms with Gasteiger partial charge in [-0.1, -0.05) is 26.8 Å². The first kappa shape index (κ1) is 16.7. The number of rotatable bonds is 6. The van der Waals surface area contributed by atoms with Crippen LogP contribution < -0.4 is 10.6 Å². The molecule has 0 aromatic carbocycles. The summed E-state index contributed by atoms with van der Waals surface area (Å²) in [5.74, 6) is 0.833. The molecular formula is C15H26N4S. The lowest BCUT2D eigenvalue weighted by molar-refractivity contribution is 0.571. The van der Waals surface area contributed by atoms with Crippen LogP contribution in [0.2, 0.25) is 0 Å². The number of aliphatic imine (C=N–C) groups is 1. The van der Waals surface area contributed by atoms with Crippen LogP contribution in [0.1, 0.15) is 38.4 Å². The molecule has 0 saturated carbocycles. The molecule has 0 radical (unpaired) electrons. The van der Waals surface area contributed by atoms with Crippen molar-refractivity contribution in [2.45, 2.75) is 39.5 Å². The normalized spacial score (nSPS) is 12.3. The van der Waals surface area contributed by atoms with Crippen molar-refractivity contribution < 1.29 is 0 Å². The van der Waals surface area contributed by atoms with Crippen molar-refractivity contribution >= 4 is 17.3 Å². The van der Waals surface area contributed by atoms with Crippen molar-refractivity contribution in [3.63, 3.8) is 0 Å². The first-order chi connectivity index (χ1) is 9.47. The van der Waals surface area contributed by atoms with E-state index in [9.17, 15) is 0 Å². The monoisotopic (exact) mass is 294 g/mol. The van der Waals surface area contributed by atoms with Crippen molar-refractivity contribution in [3.8, 4) is 0 Å². The standard InChI is InChI=1S/C15H26N4S/c1-6-9-17-14(16-7-2)18-10-8-13-19-12(11-20-13)15(3,4)5/h6,11H,1,7-10H2,2-5H3,(H2,16,17,18). The highest BCUT2D eigenvalue weighted by Crippen LogP contribution is 2.23. The molecule has 4 nitrogen and oxygen atoms in total. The van der Waals surface area contributed by atoms with Crippen LogP contribution in [-0.2, 0) is 11.8 Å². The van der Waals surface area contributed by atoms with E-state index in [1.807, 2.05) is 6.08 Å². The van der Waals surface area contributed by atoms with Gasteiger partial charge < -0.3 is 10.6 Å². The molecule has 20 heavy (non-hydrogen) atoms. The van der Waals surface area contributed by atoms with Crippen LogP contribution in [0, 0.1) is 0 Å². The minimum Gasteiger partial charge on any atom is -0.357 e.